The minimum atomic E-state index is 0.543. The summed E-state index contributed by atoms with van der Waals surface area (Å²) in [6.07, 6.45) is 5.94. The van der Waals surface area contributed by atoms with E-state index in [0.29, 0.717) is 6.54 Å². The Kier molecular flexibility index (Phi) is 3.12. The second-order valence-corrected chi connectivity index (χ2v) is 5.08. The fourth-order valence-corrected chi connectivity index (χ4v) is 2.56. The summed E-state index contributed by atoms with van der Waals surface area (Å²) < 4.78 is 2.07. The summed E-state index contributed by atoms with van der Waals surface area (Å²) in [5, 5.41) is 8.58. The fraction of sp³-hybridized carbons (Fsp3) is 0.0556. The first-order valence-electron chi connectivity index (χ1n) is 7.18. The van der Waals surface area contributed by atoms with E-state index in [0.717, 1.165) is 28.5 Å². The lowest BCUT2D eigenvalue weighted by Crippen LogP contribution is -2.03. The van der Waals surface area contributed by atoms with E-state index >= 15 is 0 Å². The number of fused-ring (bicyclic) bond motifs is 3. The third-order valence-corrected chi connectivity index (χ3v) is 3.62. The maximum Gasteiger partial charge on any atom is 0.161 e. The van der Waals surface area contributed by atoms with Crippen molar-refractivity contribution < 1.29 is 0 Å². The van der Waals surface area contributed by atoms with Crippen molar-refractivity contribution in [2.24, 2.45) is 4.99 Å². The summed E-state index contributed by atoms with van der Waals surface area (Å²) in [6, 6.07) is 18.3. The van der Waals surface area contributed by atoms with Crippen LogP contribution in [-0.2, 0) is 6.54 Å². The van der Waals surface area contributed by atoms with Crippen molar-refractivity contribution in [2.45, 2.75) is 6.54 Å². The Balaban J connectivity index is 1.80. The molecular weight excluding hydrogens is 272 g/mol. The lowest BCUT2D eigenvalue weighted by molar-refractivity contribution is 0.870. The predicted molar refractivity (Wildman–Crippen MR) is 88.0 cm³/mol. The van der Waals surface area contributed by atoms with E-state index < -0.39 is 0 Å². The molecule has 0 radical (unpaired) electrons. The molecule has 1 aromatic heterocycles. The Labute approximate surface area is 128 Å². The van der Waals surface area contributed by atoms with Gasteiger partial charge in [-0.05, 0) is 17.7 Å². The number of para-hydroxylation sites is 1. The molecule has 2 heterocycles. The molecule has 22 heavy (non-hydrogen) atoms. The van der Waals surface area contributed by atoms with Gasteiger partial charge in [-0.15, -0.1) is 10.2 Å². The Hall–Kier alpha value is -3.01. The molecule has 0 N–H and O–H groups in total. The number of aliphatic imine (C=N–C) groups is 1. The van der Waals surface area contributed by atoms with Gasteiger partial charge in [-0.1, -0.05) is 54.6 Å². The Morgan fingerprint density at radius 1 is 0.864 bits per heavy atom. The van der Waals surface area contributed by atoms with Crippen molar-refractivity contribution in [3.63, 3.8) is 0 Å². The molecule has 4 heteroatoms. The summed E-state index contributed by atoms with van der Waals surface area (Å²) in [7, 11) is 0. The van der Waals surface area contributed by atoms with Gasteiger partial charge < -0.3 is 0 Å². The number of aromatic nitrogens is 3. The molecule has 0 amide bonds. The van der Waals surface area contributed by atoms with Crippen LogP contribution in [0.15, 0.2) is 59.6 Å². The van der Waals surface area contributed by atoms with Crippen LogP contribution in [0.4, 0.5) is 0 Å². The predicted octanol–water partition coefficient (Wildman–Crippen LogP) is 3.37. The Bertz CT molecular complexity index is 860. The molecule has 0 bridgehead atoms. The summed E-state index contributed by atoms with van der Waals surface area (Å²) in [5.41, 5.74) is 3.28. The minimum absolute atomic E-state index is 0.543. The zero-order chi connectivity index (χ0) is 14.8. The molecule has 0 fully saturated rings. The number of nitrogens with zero attached hydrogens (tertiary/aromatic N) is 4. The highest BCUT2D eigenvalue weighted by Gasteiger charge is 2.15. The monoisotopic (exact) mass is 286 g/mol. The van der Waals surface area contributed by atoms with Crippen LogP contribution in [0, 0.1) is 0 Å². The molecule has 0 aliphatic carbocycles. The van der Waals surface area contributed by atoms with Crippen LogP contribution in [0.3, 0.4) is 0 Å². The molecule has 1 aliphatic rings. The van der Waals surface area contributed by atoms with Crippen molar-refractivity contribution in [1.82, 2.24) is 14.8 Å². The van der Waals surface area contributed by atoms with Gasteiger partial charge in [0.25, 0.3) is 0 Å². The van der Waals surface area contributed by atoms with Gasteiger partial charge in [-0.2, -0.15) is 0 Å². The highest BCUT2D eigenvalue weighted by molar-refractivity contribution is 5.85. The standard InChI is InChI=1S/C18H14N4/c1-2-6-14(7-3-1)10-11-17-20-21-18-13-19-12-15-8-4-5-9-16(15)22(17)18/h1-12H,13H2. The van der Waals surface area contributed by atoms with Crippen LogP contribution in [0.5, 0.6) is 0 Å². The number of benzene rings is 2. The van der Waals surface area contributed by atoms with Gasteiger partial charge in [0.05, 0.1) is 12.2 Å². The van der Waals surface area contributed by atoms with Gasteiger partial charge in [0.2, 0.25) is 0 Å². The van der Waals surface area contributed by atoms with Crippen LogP contribution >= 0.6 is 0 Å². The quantitative estimate of drug-likeness (QED) is 0.725. The van der Waals surface area contributed by atoms with Crippen molar-refractivity contribution in [3.8, 4) is 5.69 Å². The van der Waals surface area contributed by atoms with Crippen molar-refractivity contribution >= 4 is 18.4 Å². The average Bonchev–Trinajstić information content (AvgIpc) is 2.88. The average molecular weight is 286 g/mol. The number of hydrogen-bond acceptors (Lipinski definition) is 3. The van der Waals surface area contributed by atoms with Gasteiger partial charge in [-0.3, -0.25) is 9.56 Å². The third-order valence-electron chi connectivity index (χ3n) is 3.62. The maximum absolute atomic E-state index is 4.41. The summed E-state index contributed by atoms with van der Waals surface area (Å²) in [4.78, 5) is 4.41. The molecule has 4 rings (SSSR count). The minimum Gasteiger partial charge on any atom is -0.284 e. The van der Waals surface area contributed by atoms with Gasteiger partial charge in [0, 0.05) is 11.8 Å². The van der Waals surface area contributed by atoms with Crippen molar-refractivity contribution in [2.75, 3.05) is 0 Å². The van der Waals surface area contributed by atoms with Gasteiger partial charge >= 0.3 is 0 Å². The lowest BCUT2D eigenvalue weighted by atomic mass is 10.2. The molecule has 0 spiro atoms. The topological polar surface area (TPSA) is 43.1 Å². The van der Waals surface area contributed by atoms with Crippen molar-refractivity contribution in [1.29, 1.82) is 0 Å². The SMILES string of the molecule is C(=Cc1nnc2n1-c1ccccc1C=NC2)c1ccccc1. The van der Waals surface area contributed by atoms with Crippen LogP contribution in [0.2, 0.25) is 0 Å². The highest BCUT2D eigenvalue weighted by atomic mass is 15.3. The molecular formula is C18H14N4. The molecule has 0 atom stereocenters. The van der Waals surface area contributed by atoms with E-state index in [1.807, 2.05) is 48.7 Å². The second-order valence-electron chi connectivity index (χ2n) is 5.08. The summed E-state index contributed by atoms with van der Waals surface area (Å²) in [5.74, 6) is 1.67. The molecule has 0 saturated heterocycles. The summed E-state index contributed by atoms with van der Waals surface area (Å²) in [6.45, 7) is 0.543. The van der Waals surface area contributed by atoms with Crippen LogP contribution in [0.25, 0.3) is 17.8 Å². The maximum atomic E-state index is 4.41. The number of rotatable bonds is 2. The molecule has 2 aromatic carbocycles. The van der Waals surface area contributed by atoms with E-state index in [-0.39, 0.29) is 0 Å². The van der Waals surface area contributed by atoms with Gasteiger partial charge in [-0.25, -0.2) is 0 Å². The Morgan fingerprint density at radius 3 is 2.59 bits per heavy atom. The largest absolute Gasteiger partial charge is 0.284 e. The van der Waals surface area contributed by atoms with Gasteiger partial charge in [0.15, 0.2) is 11.6 Å². The second kappa shape index (κ2) is 5.41. The Morgan fingerprint density at radius 2 is 1.68 bits per heavy atom. The van der Waals surface area contributed by atoms with E-state index in [2.05, 4.69) is 44.0 Å². The summed E-state index contributed by atoms with van der Waals surface area (Å²) >= 11 is 0. The zero-order valence-electron chi connectivity index (χ0n) is 11.9. The normalized spacial score (nSPS) is 12.9. The van der Waals surface area contributed by atoms with E-state index in [9.17, 15) is 0 Å². The van der Waals surface area contributed by atoms with Crippen LogP contribution in [0.1, 0.15) is 22.8 Å². The molecule has 0 unspecified atom stereocenters. The van der Waals surface area contributed by atoms with E-state index in [1.54, 1.807) is 0 Å². The van der Waals surface area contributed by atoms with Crippen LogP contribution in [-0.4, -0.2) is 21.0 Å². The first-order chi connectivity index (χ1) is 10.9. The first kappa shape index (κ1) is 12.7. The van der Waals surface area contributed by atoms with Crippen LogP contribution < -0.4 is 0 Å². The highest BCUT2D eigenvalue weighted by Crippen LogP contribution is 2.21. The smallest absolute Gasteiger partial charge is 0.161 e. The lowest BCUT2D eigenvalue weighted by Gasteiger charge is -2.08. The number of hydrogen-bond donors (Lipinski definition) is 0. The molecule has 4 nitrogen and oxygen atoms in total. The first-order valence-corrected chi connectivity index (χ1v) is 7.18. The zero-order valence-corrected chi connectivity index (χ0v) is 11.9. The molecule has 1 aliphatic heterocycles. The fourth-order valence-electron chi connectivity index (χ4n) is 2.56. The molecule has 106 valence electrons. The third kappa shape index (κ3) is 2.24. The van der Waals surface area contributed by atoms with E-state index in [4.69, 9.17) is 0 Å². The van der Waals surface area contributed by atoms with E-state index in [1.165, 1.54) is 0 Å². The van der Waals surface area contributed by atoms with Gasteiger partial charge in [0.1, 0.15) is 0 Å². The van der Waals surface area contributed by atoms with Crippen molar-refractivity contribution in [3.05, 3.63) is 77.4 Å². The molecule has 0 saturated carbocycles. The molecule has 3 aromatic rings.